The molecule has 0 radical (unpaired) electrons. The summed E-state index contributed by atoms with van der Waals surface area (Å²) in [6, 6.07) is 15.0. The minimum Gasteiger partial charge on any atom is -0.507 e. The smallest absolute Gasteiger partial charge is 0.191 e. The molecule has 0 spiro atoms. The normalized spacial score (nSPS) is 11.3. The van der Waals surface area contributed by atoms with E-state index in [0.717, 1.165) is 22.2 Å². The molecule has 0 amide bonds. The SMILES string of the molecule is CCn1c(SCC(=O)c2c(C)n(C)c3ccccc23)nnc1-c1ccccc1O. The standard InChI is InChI=1S/C22H22N4O2S/c1-4-26-21(16-10-6-8-12-18(16)27)23-24-22(26)29-13-19(28)20-14(2)25(3)17-11-7-5-9-15(17)20/h5-12,27H,4,13H2,1-3H3. The Kier molecular flexibility index (Phi) is 5.15. The Morgan fingerprint density at radius 1 is 1.10 bits per heavy atom. The summed E-state index contributed by atoms with van der Waals surface area (Å²) in [6.45, 7) is 4.61. The van der Waals surface area contributed by atoms with Gasteiger partial charge in [0.15, 0.2) is 16.8 Å². The number of aromatic nitrogens is 4. The number of nitrogens with zero attached hydrogens (tertiary/aromatic N) is 4. The fourth-order valence-corrected chi connectivity index (χ4v) is 4.49. The lowest BCUT2D eigenvalue weighted by molar-refractivity contribution is 0.102. The molecule has 0 saturated carbocycles. The number of benzene rings is 2. The van der Waals surface area contributed by atoms with E-state index in [9.17, 15) is 9.90 Å². The number of phenols is 1. The molecule has 0 saturated heterocycles. The van der Waals surface area contributed by atoms with E-state index in [2.05, 4.69) is 14.8 Å². The zero-order valence-corrected chi connectivity index (χ0v) is 17.4. The molecule has 0 aliphatic rings. The van der Waals surface area contributed by atoms with Gasteiger partial charge < -0.3 is 14.2 Å². The summed E-state index contributed by atoms with van der Waals surface area (Å²) in [6.07, 6.45) is 0. The van der Waals surface area contributed by atoms with Crippen LogP contribution in [-0.4, -0.2) is 36.0 Å². The minimum absolute atomic E-state index is 0.0686. The molecule has 0 aliphatic heterocycles. The maximum absolute atomic E-state index is 13.1. The molecule has 0 fully saturated rings. The molecule has 7 heteroatoms. The van der Waals surface area contributed by atoms with Gasteiger partial charge in [-0.25, -0.2) is 0 Å². The molecule has 1 N–H and O–H groups in total. The van der Waals surface area contributed by atoms with Gasteiger partial charge >= 0.3 is 0 Å². The van der Waals surface area contributed by atoms with Crippen molar-refractivity contribution in [2.45, 2.75) is 25.5 Å². The molecule has 0 aliphatic carbocycles. The van der Waals surface area contributed by atoms with Crippen LogP contribution in [0.5, 0.6) is 5.75 Å². The van der Waals surface area contributed by atoms with E-state index in [1.807, 2.05) is 61.9 Å². The maximum atomic E-state index is 13.1. The highest BCUT2D eigenvalue weighted by Gasteiger charge is 2.21. The monoisotopic (exact) mass is 406 g/mol. The first-order chi connectivity index (χ1) is 14.0. The zero-order valence-electron chi connectivity index (χ0n) is 16.6. The van der Waals surface area contributed by atoms with Gasteiger partial charge in [0.05, 0.1) is 11.3 Å². The third kappa shape index (κ3) is 3.31. The van der Waals surface area contributed by atoms with Gasteiger partial charge in [0.2, 0.25) is 0 Å². The van der Waals surface area contributed by atoms with Crippen molar-refractivity contribution >= 4 is 28.4 Å². The van der Waals surface area contributed by atoms with Gasteiger partial charge in [0.1, 0.15) is 5.75 Å². The lowest BCUT2D eigenvalue weighted by Gasteiger charge is -2.08. The number of Topliss-reactive ketones (excluding diaryl/α,β-unsaturated/α-hetero) is 1. The van der Waals surface area contributed by atoms with E-state index >= 15 is 0 Å². The van der Waals surface area contributed by atoms with Gasteiger partial charge in [-0.15, -0.1) is 10.2 Å². The highest BCUT2D eigenvalue weighted by atomic mass is 32.2. The van der Waals surface area contributed by atoms with Crippen molar-refractivity contribution in [1.29, 1.82) is 0 Å². The van der Waals surface area contributed by atoms with Gasteiger partial charge in [-0.2, -0.15) is 0 Å². The van der Waals surface area contributed by atoms with E-state index < -0.39 is 0 Å². The van der Waals surface area contributed by atoms with Crippen LogP contribution in [0.1, 0.15) is 23.0 Å². The molecule has 29 heavy (non-hydrogen) atoms. The van der Waals surface area contributed by atoms with Gasteiger partial charge in [-0.3, -0.25) is 4.79 Å². The third-order valence-corrected chi connectivity index (χ3v) is 6.16. The number of carbonyl (C=O) groups is 1. The van der Waals surface area contributed by atoms with Crippen molar-refractivity contribution in [2.24, 2.45) is 7.05 Å². The van der Waals surface area contributed by atoms with Gasteiger partial charge in [-0.1, -0.05) is 42.1 Å². The topological polar surface area (TPSA) is 72.9 Å². The van der Waals surface area contributed by atoms with Crippen molar-refractivity contribution in [3.8, 4) is 17.1 Å². The van der Waals surface area contributed by atoms with Crippen molar-refractivity contribution in [3.05, 3.63) is 59.8 Å². The molecule has 0 atom stereocenters. The Labute approximate surface area is 173 Å². The molecular formula is C22H22N4O2S. The van der Waals surface area contributed by atoms with Crippen LogP contribution in [0.3, 0.4) is 0 Å². The van der Waals surface area contributed by atoms with E-state index in [-0.39, 0.29) is 17.3 Å². The number of hydrogen-bond donors (Lipinski definition) is 1. The number of phenolic OH excluding ortho intramolecular Hbond substituents is 1. The van der Waals surface area contributed by atoms with E-state index in [4.69, 9.17) is 0 Å². The lowest BCUT2D eigenvalue weighted by atomic mass is 10.1. The fourth-order valence-electron chi connectivity index (χ4n) is 3.62. The third-order valence-electron chi connectivity index (χ3n) is 5.19. The molecular weight excluding hydrogens is 384 g/mol. The van der Waals surface area contributed by atoms with Crippen molar-refractivity contribution < 1.29 is 9.90 Å². The van der Waals surface area contributed by atoms with E-state index in [1.165, 1.54) is 11.8 Å². The number of carbonyl (C=O) groups excluding carboxylic acids is 1. The lowest BCUT2D eigenvalue weighted by Crippen LogP contribution is -2.07. The number of fused-ring (bicyclic) bond motifs is 1. The zero-order chi connectivity index (χ0) is 20.5. The van der Waals surface area contributed by atoms with E-state index in [1.54, 1.807) is 12.1 Å². The minimum atomic E-state index is 0.0686. The highest BCUT2D eigenvalue weighted by Crippen LogP contribution is 2.31. The first kappa shape index (κ1) is 19.3. The Hall–Kier alpha value is -3.06. The predicted molar refractivity (Wildman–Crippen MR) is 116 cm³/mol. The van der Waals surface area contributed by atoms with Gasteiger partial charge in [0, 0.05) is 35.8 Å². The predicted octanol–water partition coefficient (Wildman–Crippen LogP) is 4.45. The number of aryl methyl sites for hydroxylation is 1. The Morgan fingerprint density at radius 2 is 1.83 bits per heavy atom. The van der Waals surface area contributed by atoms with Crippen LogP contribution in [0.4, 0.5) is 0 Å². The van der Waals surface area contributed by atoms with Crippen LogP contribution in [0.2, 0.25) is 0 Å². The fraction of sp³-hybridized carbons (Fsp3) is 0.227. The highest BCUT2D eigenvalue weighted by molar-refractivity contribution is 7.99. The molecule has 148 valence electrons. The summed E-state index contributed by atoms with van der Waals surface area (Å²) in [7, 11) is 1.98. The molecule has 0 unspecified atom stereocenters. The summed E-state index contributed by atoms with van der Waals surface area (Å²) < 4.78 is 3.97. The molecule has 6 nitrogen and oxygen atoms in total. The molecule has 2 heterocycles. The second-order valence-corrected chi connectivity index (χ2v) is 7.76. The van der Waals surface area contributed by atoms with Crippen LogP contribution in [-0.2, 0) is 13.6 Å². The Balaban J connectivity index is 1.62. The van der Waals surface area contributed by atoms with E-state index in [0.29, 0.717) is 23.1 Å². The number of aromatic hydroxyl groups is 1. The van der Waals surface area contributed by atoms with Crippen LogP contribution in [0, 0.1) is 6.92 Å². The number of hydrogen-bond acceptors (Lipinski definition) is 5. The first-order valence-corrected chi connectivity index (χ1v) is 10.4. The van der Waals surface area contributed by atoms with Crippen molar-refractivity contribution in [2.75, 3.05) is 5.75 Å². The maximum Gasteiger partial charge on any atom is 0.191 e. The van der Waals surface area contributed by atoms with Crippen LogP contribution >= 0.6 is 11.8 Å². The Bertz CT molecular complexity index is 1210. The molecule has 4 aromatic rings. The second-order valence-electron chi connectivity index (χ2n) is 6.82. The molecule has 2 aromatic carbocycles. The summed E-state index contributed by atoms with van der Waals surface area (Å²) in [5.74, 6) is 1.10. The average Bonchev–Trinajstić information content (AvgIpc) is 3.25. The first-order valence-electron chi connectivity index (χ1n) is 9.44. The quantitative estimate of drug-likeness (QED) is 0.378. The van der Waals surface area contributed by atoms with Gasteiger partial charge in [-0.05, 0) is 32.0 Å². The summed E-state index contributed by atoms with van der Waals surface area (Å²) in [5.41, 5.74) is 3.41. The van der Waals surface area contributed by atoms with Crippen LogP contribution in [0.15, 0.2) is 53.7 Å². The van der Waals surface area contributed by atoms with Gasteiger partial charge in [0.25, 0.3) is 0 Å². The van der Waals surface area contributed by atoms with Crippen molar-refractivity contribution in [1.82, 2.24) is 19.3 Å². The van der Waals surface area contributed by atoms with Crippen LogP contribution < -0.4 is 0 Å². The number of ketones is 1. The second kappa shape index (κ2) is 7.75. The number of thioether (sulfide) groups is 1. The summed E-state index contributed by atoms with van der Waals surface area (Å²) in [4.78, 5) is 13.1. The summed E-state index contributed by atoms with van der Waals surface area (Å²) >= 11 is 1.37. The largest absolute Gasteiger partial charge is 0.507 e. The van der Waals surface area contributed by atoms with Crippen LogP contribution in [0.25, 0.3) is 22.3 Å². The number of rotatable bonds is 6. The van der Waals surface area contributed by atoms with Crippen molar-refractivity contribution in [3.63, 3.8) is 0 Å². The average molecular weight is 407 g/mol. The Morgan fingerprint density at radius 3 is 2.59 bits per heavy atom. The molecule has 2 aromatic heterocycles. The summed E-state index contributed by atoms with van der Waals surface area (Å²) in [5, 5.41) is 20.3. The molecule has 0 bridgehead atoms. The number of para-hydroxylation sites is 2. The molecule has 4 rings (SSSR count).